The molecule has 0 bridgehead atoms. The quantitative estimate of drug-likeness (QED) is 0.559. The fourth-order valence-electron chi connectivity index (χ4n) is 4.88. The lowest BCUT2D eigenvalue weighted by atomic mass is 9.99. The number of rotatable bonds is 6. The van der Waals surface area contributed by atoms with Crippen LogP contribution in [0, 0.1) is 0 Å². The van der Waals surface area contributed by atoms with E-state index >= 15 is 0 Å². The van der Waals surface area contributed by atoms with Crippen molar-refractivity contribution in [3.8, 4) is 5.75 Å². The van der Waals surface area contributed by atoms with Crippen molar-refractivity contribution in [2.24, 2.45) is 0 Å². The molecule has 0 saturated carbocycles. The molecule has 1 saturated heterocycles. The Kier molecular flexibility index (Phi) is 6.91. The van der Waals surface area contributed by atoms with Gasteiger partial charge in [-0.15, -0.1) is 0 Å². The first kappa shape index (κ1) is 23.9. The molecule has 7 heteroatoms. The van der Waals surface area contributed by atoms with Crippen LogP contribution in [0.5, 0.6) is 5.75 Å². The van der Waals surface area contributed by atoms with Crippen molar-refractivity contribution in [2.75, 3.05) is 43.4 Å². The number of piperazine rings is 1. The van der Waals surface area contributed by atoms with Gasteiger partial charge in [0.2, 0.25) is 0 Å². The second-order valence-corrected chi connectivity index (χ2v) is 9.43. The number of benzene rings is 3. The Hall–Kier alpha value is -3.84. The lowest BCUT2D eigenvalue weighted by Gasteiger charge is -2.36. The average molecular weight is 485 g/mol. The van der Waals surface area contributed by atoms with Crippen molar-refractivity contribution in [3.63, 3.8) is 0 Å². The van der Waals surface area contributed by atoms with Crippen molar-refractivity contribution in [3.05, 3.63) is 89.0 Å². The van der Waals surface area contributed by atoms with Gasteiger partial charge in [0.15, 0.2) is 6.10 Å². The van der Waals surface area contributed by atoms with Crippen LogP contribution in [0.4, 0.5) is 11.4 Å². The number of hydrogen-bond donors (Lipinski definition) is 2. The Morgan fingerprint density at radius 1 is 1.00 bits per heavy atom. The topological polar surface area (TPSA) is 73.9 Å². The lowest BCUT2D eigenvalue weighted by Crippen LogP contribution is -2.46. The van der Waals surface area contributed by atoms with Crippen LogP contribution in [0.25, 0.3) is 0 Å². The zero-order valence-electron chi connectivity index (χ0n) is 20.8. The summed E-state index contributed by atoms with van der Waals surface area (Å²) in [5.41, 5.74) is 6.04. The van der Waals surface area contributed by atoms with Gasteiger partial charge in [-0.2, -0.15) is 0 Å². The van der Waals surface area contributed by atoms with Gasteiger partial charge in [-0.25, -0.2) is 0 Å². The number of hydrogen-bond acceptors (Lipinski definition) is 5. The van der Waals surface area contributed by atoms with Gasteiger partial charge < -0.3 is 20.3 Å². The zero-order valence-corrected chi connectivity index (χ0v) is 20.8. The van der Waals surface area contributed by atoms with Crippen LogP contribution in [0.2, 0.25) is 0 Å². The molecule has 2 N–H and O–H groups in total. The Labute approximate surface area is 212 Å². The minimum Gasteiger partial charge on any atom is -0.478 e. The van der Waals surface area contributed by atoms with Crippen molar-refractivity contribution in [1.82, 2.24) is 10.2 Å². The molecule has 5 rings (SSSR count). The summed E-state index contributed by atoms with van der Waals surface area (Å²) in [6.07, 6.45) is 0.246. The van der Waals surface area contributed by atoms with E-state index in [1.54, 1.807) is 14.0 Å². The fraction of sp³-hybridized carbons (Fsp3) is 0.310. The van der Waals surface area contributed by atoms with E-state index in [9.17, 15) is 9.59 Å². The summed E-state index contributed by atoms with van der Waals surface area (Å²) < 4.78 is 6.03. The van der Waals surface area contributed by atoms with Gasteiger partial charge in [0.05, 0.1) is 5.69 Å². The maximum absolute atomic E-state index is 12.3. The molecule has 1 unspecified atom stereocenters. The van der Waals surface area contributed by atoms with Crippen molar-refractivity contribution >= 4 is 23.2 Å². The van der Waals surface area contributed by atoms with Crippen molar-refractivity contribution < 1.29 is 14.3 Å². The molecule has 2 amide bonds. The molecule has 1 fully saturated rings. The van der Waals surface area contributed by atoms with E-state index in [-0.39, 0.29) is 11.8 Å². The number of ether oxygens (including phenoxy) is 1. The summed E-state index contributed by atoms with van der Waals surface area (Å²) in [5, 5.41) is 5.70. The van der Waals surface area contributed by atoms with E-state index < -0.39 is 6.10 Å². The van der Waals surface area contributed by atoms with Gasteiger partial charge in [0.1, 0.15) is 5.75 Å². The first-order valence-corrected chi connectivity index (χ1v) is 12.5. The third kappa shape index (κ3) is 5.21. The molecule has 0 aliphatic carbocycles. The maximum atomic E-state index is 12.3. The van der Waals surface area contributed by atoms with E-state index in [0.717, 1.165) is 61.8 Å². The number of anilines is 2. The van der Waals surface area contributed by atoms with Crippen LogP contribution in [-0.2, 0) is 17.8 Å². The Morgan fingerprint density at radius 2 is 1.72 bits per heavy atom. The number of nitrogens with one attached hydrogen (secondary N) is 2. The van der Waals surface area contributed by atoms with Crippen LogP contribution in [0.3, 0.4) is 0 Å². The van der Waals surface area contributed by atoms with Crippen LogP contribution in [0.15, 0.2) is 66.7 Å². The molecule has 7 nitrogen and oxygen atoms in total. The summed E-state index contributed by atoms with van der Waals surface area (Å²) in [4.78, 5) is 28.9. The van der Waals surface area contributed by atoms with E-state index in [4.69, 9.17) is 4.74 Å². The van der Waals surface area contributed by atoms with E-state index in [1.165, 1.54) is 11.1 Å². The highest BCUT2D eigenvalue weighted by molar-refractivity contribution is 5.98. The molecule has 186 valence electrons. The van der Waals surface area contributed by atoms with Crippen molar-refractivity contribution in [1.29, 1.82) is 0 Å². The van der Waals surface area contributed by atoms with Gasteiger partial charge in [0, 0.05) is 63.0 Å². The molecule has 3 aromatic carbocycles. The standard InChI is InChI=1S/C29H32N4O3/c1-20-28(34)31-26-18-22(17-24(27(26)36-20)16-21-6-4-3-5-7-21)19-32-12-14-33(15-13-32)25-10-8-23(9-11-25)29(35)30-2/h3-11,17-18,20H,12-16,19H2,1-2H3,(H,30,35)(H,31,34). The lowest BCUT2D eigenvalue weighted by molar-refractivity contribution is -0.122. The third-order valence-corrected chi connectivity index (χ3v) is 6.88. The normalized spacial score (nSPS) is 17.7. The molecular weight excluding hydrogens is 452 g/mol. The largest absolute Gasteiger partial charge is 0.478 e. The van der Waals surface area contributed by atoms with E-state index in [0.29, 0.717) is 5.56 Å². The third-order valence-electron chi connectivity index (χ3n) is 6.88. The monoisotopic (exact) mass is 484 g/mol. The highest BCUT2D eigenvalue weighted by Crippen LogP contribution is 2.36. The fourth-order valence-corrected chi connectivity index (χ4v) is 4.88. The van der Waals surface area contributed by atoms with Crippen LogP contribution in [0.1, 0.15) is 34.0 Å². The summed E-state index contributed by atoms with van der Waals surface area (Å²) >= 11 is 0. The van der Waals surface area contributed by atoms with Crippen LogP contribution < -0.4 is 20.3 Å². The van der Waals surface area contributed by atoms with Crippen molar-refractivity contribution in [2.45, 2.75) is 26.0 Å². The Bertz CT molecular complexity index is 1240. The molecule has 36 heavy (non-hydrogen) atoms. The SMILES string of the molecule is CNC(=O)c1ccc(N2CCN(Cc3cc(Cc4ccccc4)c4c(c3)NC(=O)C(C)O4)CC2)cc1. The number of carbonyl (C=O) groups is 2. The average Bonchev–Trinajstić information content (AvgIpc) is 2.90. The molecule has 2 aliphatic rings. The Morgan fingerprint density at radius 3 is 2.42 bits per heavy atom. The zero-order chi connectivity index (χ0) is 25.1. The second kappa shape index (κ2) is 10.4. The summed E-state index contributed by atoms with van der Waals surface area (Å²) in [7, 11) is 1.64. The number of nitrogens with zero attached hydrogens (tertiary/aromatic N) is 2. The highest BCUT2D eigenvalue weighted by Gasteiger charge is 2.27. The summed E-state index contributed by atoms with van der Waals surface area (Å²) in [6, 6.07) is 22.4. The number of carbonyl (C=O) groups excluding carboxylic acids is 2. The molecule has 0 spiro atoms. The molecule has 0 aromatic heterocycles. The van der Waals surface area contributed by atoms with Gasteiger partial charge in [-0.1, -0.05) is 36.4 Å². The Balaban J connectivity index is 1.29. The minimum absolute atomic E-state index is 0.0703. The predicted octanol–water partition coefficient (Wildman–Crippen LogP) is 3.68. The molecule has 2 heterocycles. The molecule has 0 radical (unpaired) electrons. The highest BCUT2D eigenvalue weighted by atomic mass is 16.5. The van der Waals surface area contributed by atoms with Gasteiger partial charge >= 0.3 is 0 Å². The summed E-state index contributed by atoms with van der Waals surface area (Å²) in [5.74, 6) is 0.597. The number of fused-ring (bicyclic) bond motifs is 1. The molecule has 3 aromatic rings. The van der Waals surface area contributed by atoms with Gasteiger partial charge in [0.25, 0.3) is 11.8 Å². The van der Waals surface area contributed by atoms with E-state index in [2.05, 4.69) is 44.7 Å². The molecule has 1 atom stereocenters. The van der Waals surface area contributed by atoms with E-state index in [1.807, 2.05) is 42.5 Å². The number of amides is 2. The molecule has 2 aliphatic heterocycles. The predicted molar refractivity (Wildman–Crippen MR) is 142 cm³/mol. The first-order chi connectivity index (χ1) is 17.5. The van der Waals surface area contributed by atoms with Gasteiger partial charge in [-0.3, -0.25) is 14.5 Å². The van der Waals surface area contributed by atoms with Crippen LogP contribution >= 0.6 is 0 Å². The van der Waals surface area contributed by atoms with Crippen LogP contribution in [-0.4, -0.2) is 56.0 Å². The minimum atomic E-state index is -0.503. The summed E-state index contributed by atoms with van der Waals surface area (Å²) in [6.45, 7) is 6.29. The maximum Gasteiger partial charge on any atom is 0.265 e. The first-order valence-electron chi connectivity index (χ1n) is 12.5. The smallest absolute Gasteiger partial charge is 0.265 e. The second-order valence-electron chi connectivity index (χ2n) is 9.43. The molecular formula is C29H32N4O3. The van der Waals surface area contributed by atoms with Gasteiger partial charge in [-0.05, 0) is 48.4 Å².